The zero-order valence-electron chi connectivity index (χ0n) is 5.78. The molecular weight excluding hydrogens is 136 g/mol. The van der Waals surface area contributed by atoms with Crippen molar-refractivity contribution < 1.29 is 4.68 Å². The molecule has 2 heteroatoms. The summed E-state index contributed by atoms with van der Waals surface area (Å²) in [6.07, 6.45) is 0. The monoisotopic (exact) mass is 141 g/mol. The van der Waals surface area contributed by atoms with Crippen LogP contribution in [0.25, 0.3) is 0 Å². The summed E-state index contributed by atoms with van der Waals surface area (Å²) in [6.45, 7) is 0. The van der Waals surface area contributed by atoms with Crippen LogP contribution in [-0.2, 0) is 0 Å². The summed E-state index contributed by atoms with van der Waals surface area (Å²) in [4.78, 5) is 0. The molecular formula is C9H5N2+. The summed E-state index contributed by atoms with van der Waals surface area (Å²) in [5, 5.41) is 4.32. The van der Waals surface area contributed by atoms with Crippen molar-refractivity contribution in [3.63, 3.8) is 0 Å². The van der Waals surface area contributed by atoms with Crippen LogP contribution in [0.3, 0.4) is 0 Å². The average Bonchev–Trinajstić information content (AvgIpc) is 2.49. The van der Waals surface area contributed by atoms with Crippen LogP contribution in [-0.4, -0.2) is 22.1 Å². The van der Waals surface area contributed by atoms with E-state index in [0.717, 1.165) is 0 Å². The Labute approximate surface area is 63.5 Å². The van der Waals surface area contributed by atoms with Crippen molar-refractivity contribution in [1.82, 2.24) is 0 Å². The van der Waals surface area contributed by atoms with Gasteiger partial charge in [0.15, 0.2) is 5.71 Å². The highest BCUT2D eigenvalue weighted by Gasteiger charge is 2.69. The van der Waals surface area contributed by atoms with Crippen molar-refractivity contribution >= 4 is 11.4 Å². The van der Waals surface area contributed by atoms with Crippen LogP contribution in [0.1, 0.15) is 11.1 Å². The molecule has 0 radical (unpaired) electrons. The summed E-state index contributed by atoms with van der Waals surface area (Å²) < 4.78 is 2.09. The Morgan fingerprint density at radius 3 is 2.82 bits per heavy atom. The lowest BCUT2D eigenvalue weighted by Crippen LogP contribution is -2.22. The lowest BCUT2D eigenvalue weighted by atomic mass is 10.1. The van der Waals surface area contributed by atoms with Gasteiger partial charge in [-0.2, -0.15) is 0 Å². The zero-order valence-corrected chi connectivity index (χ0v) is 5.78. The molecule has 11 heavy (non-hydrogen) atoms. The van der Waals surface area contributed by atoms with Crippen molar-refractivity contribution in [2.75, 3.05) is 0 Å². The molecule has 2 aliphatic heterocycles. The second-order valence-corrected chi connectivity index (χ2v) is 3.16. The molecule has 2 heterocycles. The Balaban J connectivity index is 2.23. The van der Waals surface area contributed by atoms with Crippen LogP contribution in [0.2, 0.25) is 0 Å². The predicted molar refractivity (Wildman–Crippen MR) is 41.1 cm³/mol. The van der Waals surface area contributed by atoms with E-state index in [2.05, 4.69) is 34.1 Å². The van der Waals surface area contributed by atoms with Gasteiger partial charge in [0.2, 0.25) is 0 Å². The van der Waals surface area contributed by atoms with Gasteiger partial charge >= 0.3 is 6.04 Å². The standard InChI is InChI=1S/C9H5N2/c1-2-4-6-5(3-1)7-9-8(6)11(9)10-7/h1-4,9H/q+1. The molecule has 0 bridgehead atoms. The fourth-order valence-electron chi connectivity index (χ4n) is 2.06. The molecule has 2 nitrogen and oxygen atoms in total. The van der Waals surface area contributed by atoms with Crippen LogP contribution in [0.5, 0.6) is 0 Å². The minimum atomic E-state index is 0.604. The number of benzene rings is 1. The van der Waals surface area contributed by atoms with E-state index in [-0.39, 0.29) is 0 Å². The first kappa shape index (κ1) is 4.44. The molecule has 1 atom stereocenters. The lowest BCUT2D eigenvalue weighted by molar-refractivity contribution is -0.485. The molecule has 50 valence electrons. The van der Waals surface area contributed by atoms with Gasteiger partial charge in [-0.05, 0) is 6.07 Å². The molecule has 0 N–H and O–H groups in total. The molecule has 0 saturated heterocycles. The first-order chi connectivity index (χ1) is 5.47. The van der Waals surface area contributed by atoms with Gasteiger partial charge < -0.3 is 0 Å². The predicted octanol–water partition coefficient (Wildman–Crippen LogP) is 0.602. The Morgan fingerprint density at radius 1 is 1.18 bits per heavy atom. The van der Waals surface area contributed by atoms with Crippen molar-refractivity contribution in [3.05, 3.63) is 35.4 Å². The lowest BCUT2D eigenvalue weighted by Gasteiger charge is -2.01. The van der Waals surface area contributed by atoms with Crippen molar-refractivity contribution in [2.45, 2.75) is 6.04 Å². The van der Waals surface area contributed by atoms with E-state index < -0.39 is 0 Å². The maximum absolute atomic E-state index is 4.32. The second-order valence-electron chi connectivity index (χ2n) is 3.16. The molecule has 1 aliphatic carbocycles. The number of hydrogen-bond acceptors (Lipinski definition) is 1. The first-order valence-electron chi connectivity index (χ1n) is 3.81. The molecule has 0 fully saturated rings. The summed E-state index contributed by atoms with van der Waals surface area (Å²) in [5.41, 5.74) is 5.48. The molecule has 0 amide bonds. The minimum absolute atomic E-state index is 0.604. The zero-order chi connectivity index (χ0) is 7.00. The molecule has 1 aromatic rings. The first-order valence-corrected chi connectivity index (χ1v) is 3.81. The van der Waals surface area contributed by atoms with Crippen LogP contribution < -0.4 is 0 Å². The second kappa shape index (κ2) is 1.05. The molecule has 3 aliphatic rings. The third-order valence-electron chi connectivity index (χ3n) is 2.64. The fourth-order valence-corrected chi connectivity index (χ4v) is 2.06. The third-order valence-corrected chi connectivity index (χ3v) is 2.64. The van der Waals surface area contributed by atoms with E-state index in [1.807, 2.05) is 0 Å². The normalized spacial score (nSPS) is 27.3. The van der Waals surface area contributed by atoms with Gasteiger partial charge in [0.25, 0.3) is 5.71 Å². The average molecular weight is 141 g/mol. The van der Waals surface area contributed by atoms with Crippen molar-refractivity contribution in [2.24, 2.45) is 5.10 Å². The smallest absolute Gasteiger partial charge is 0.0615 e. The van der Waals surface area contributed by atoms with E-state index in [9.17, 15) is 0 Å². The quantitative estimate of drug-likeness (QED) is 0.470. The van der Waals surface area contributed by atoms with E-state index in [1.165, 1.54) is 22.6 Å². The van der Waals surface area contributed by atoms with Crippen LogP contribution >= 0.6 is 0 Å². The molecule has 4 rings (SSSR count). The van der Waals surface area contributed by atoms with Gasteiger partial charge in [0.05, 0.1) is 5.56 Å². The van der Waals surface area contributed by atoms with Gasteiger partial charge in [0, 0.05) is 10.7 Å². The third kappa shape index (κ3) is 0.291. The highest BCUT2D eigenvalue weighted by molar-refractivity contribution is 6.37. The van der Waals surface area contributed by atoms with E-state index >= 15 is 0 Å². The molecule has 0 spiro atoms. The van der Waals surface area contributed by atoms with E-state index in [1.54, 1.807) is 0 Å². The number of rotatable bonds is 0. The summed E-state index contributed by atoms with van der Waals surface area (Å²) >= 11 is 0. The number of hydrogen-bond donors (Lipinski definition) is 0. The van der Waals surface area contributed by atoms with Crippen molar-refractivity contribution in [1.29, 1.82) is 0 Å². The van der Waals surface area contributed by atoms with Gasteiger partial charge in [-0.3, -0.25) is 0 Å². The highest BCUT2D eigenvalue weighted by Crippen LogP contribution is 2.40. The van der Waals surface area contributed by atoms with Gasteiger partial charge in [0.1, 0.15) is 0 Å². The Kier molecular flexibility index (Phi) is 0.425. The Morgan fingerprint density at radius 2 is 2.00 bits per heavy atom. The Bertz CT molecular complexity index is 429. The van der Waals surface area contributed by atoms with E-state index in [4.69, 9.17) is 0 Å². The largest absolute Gasteiger partial charge is 0.318 e. The van der Waals surface area contributed by atoms with Gasteiger partial charge in [-0.25, -0.2) is 0 Å². The number of fused-ring (bicyclic) bond motifs is 3. The topological polar surface area (TPSA) is 15.4 Å². The summed E-state index contributed by atoms with van der Waals surface area (Å²) in [5.74, 6) is 0. The minimum Gasteiger partial charge on any atom is -0.0615 e. The fraction of sp³-hybridized carbons (Fsp3) is 0.111. The summed E-state index contributed by atoms with van der Waals surface area (Å²) in [6, 6.07) is 9.11. The van der Waals surface area contributed by atoms with Crippen LogP contribution in [0, 0.1) is 0 Å². The van der Waals surface area contributed by atoms with Crippen LogP contribution in [0.4, 0.5) is 0 Å². The highest BCUT2D eigenvalue weighted by atomic mass is 15.6. The molecule has 0 saturated carbocycles. The Hall–Kier alpha value is -1.44. The SMILES string of the molecule is c1ccc2c(c1)C1=N[N+]3=C2C13. The maximum Gasteiger partial charge on any atom is 0.318 e. The maximum atomic E-state index is 4.32. The number of hydrazone groups is 1. The van der Waals surface area contributed by atoms with Crippen LogP contribution in [0.15, 0.2) is 29.4 Å². The van der Waals surface area contributed by atoms with E-state index in [0.29, 0.717) is 6.04 Å². The van der Waals surface area contributed by atoms with Gasteiger partial charge in [-0.15, -0.1) is 0 Å². The molecule has 1 unspecified atom stereocenters. The van der Waals surface area contributed by atoms with Crippen molar-refractivity contribution in [3.8, 4) is 0 Å². The molecule has 0 aromatic heterocycles. The number of nitrogens with zero attached hydrogens (tertiary/aromatic N) is 2. The van der Waals surface area contributed by atoms with Gasteiger partial charge in [-0.1, -0.05) is 22.9 Å². The molecule has 1 aromatic carbocycles. The summed E-state index contributed by atoms with van der Waals surface area (Å²) in [7, 11) is 0.